The van der Waals surface area contributed by atoms with E-state index in [-0.39, 0.29) is 5.78 Å². The standard InChI is InChI=1S/C17H18N2O3/c1-3-22-16-7-6-13(12(2)20)9-15(16)11-19-8-4-5-14(10-19)17(18)21/h4-10H,3,11H2,1-2H3,(H-,18,21)/p+1. The van der Waals surface area contributed by atoms with Crippen LogP contribution in [0.3, 0.4) is 0 Å². The molecule has 0 unspecified atom stereocenters. The van der Waals surface area contributed by atoms with Crippen molar-refractivity contribution < 1.29 is 18.9 Å². The van der Waals surface area contributed by atoms with Gasteiger partial charge in [-0.25, -0.2) is 0 Å². The highest BCUT2D eigenvalue weighted by molar-refractivity contribution is 5.94. The Balaban J connectivity index is 2.38. The second kappa shape index (κ2) is 6.85. The molecule has 2 rings (SSSR count). The molecule has 0 aliphatic carbocycles. The number of hydrogen-bond donors (Lipinski definition) is 1. The lowest BCUT2D eigenvalue weighted by Gasteiger charge is -2.09. The van der Waals surface area contributed by atoms with Crippen LogP contribution in [-0.4, -0.2) is 18.3 Å². The van der Waals surface area contributed by atoms with E-state index in [1.165, 1.54) is 6.92 Å². The molecule has 5 nitrogen and oxygen atoms in total. The Kier molecular flexibility index (Phi) is 4.88. The first-order chi connectivity index (χ1) is 10.5. The summed E-state index contributed by atoms with van der Waals surface area (Å²) in [4.78, 5) is 22.8. The van der Waals surface area contributed by atoms with E-state index in [0.29, 0.717) is 24.3 Å². The summed E-state index contributed by atoms with van der Waals surface area (Å²) in [5.74, 6) is 0.251. The summed E-state index contributed by atoms with van der Waals surface area (Å²) in [5, 5.41) is 0. The van der Waals surface area contributed by atoms with Crippen LogP contribution in [0.2, 0.25) is 0 Å². The number of primary amides is 1. The van der Waals surface area contributed by atoms with Gasteiger partial charge in [0.25, 0.3) is 5.91 Å². The van der Waals surface area contributed by atoms with E-state index >= 15 is 0 Å². The fourth-order valence-electron chi connectivity index (χ4n) is 2.18. The molecule has 2 N–H and O–H groups in total. The van der Waals surface area contributed by atoms with Crippen molar-refractivity contribution in [2.75, 3.05) is 6.61 Å². The fourth-order valence-corrected chi connectivity index (χ4v) is 2.18. The van der Waals surface area contributed by atoms with Gasteiger partial charge in [-0.15, -0.1) is 0 Å². The second-order valence-electron chi connectivity index (χ2n) is 4.94. The lowest BCUT2D eigenvalue weighted by molar-refractivity contribution is -0.688. The van der Waals surface area contributed by atoms with Crippen LogP contribution >= 0.6 is 0 Å². The quantitative estimate of drug-likeness (QED) is 0.652. The van der Waals surface area contributed by atoms with E-state index < -0.39 is 5.91 Å². The molecule has 0 bridgehead atoms. The van der Waals surface area contributed by atoms with E-state index in [9.17, 15) is 9.59 Å². The van der Waals surface area contributed by atoms with Crippen molar-refractivity contribution in [1.82, 2.24) is 0 Å². The molecule has 1 amide bonds. The molecule has 0 aliphatic rings. The van der Waals surface area contributed by atoms with Crippen molar-refractivity contribution in [3.8, 4) is 5.75 Å². The largest absolute Gasteiger partial charge is 0.493 e. The third-order valence-electron chi connectivity index (χ3n) is 3.26. The van der Waals surface area contributed by atoms with Crippen molar-refractivity contribution in [3.63, 3.8) is 0 Å². The molecule has 0 spiro atoms. The Morgan fingerprint density at radius 2 is 2.00 bits per heavy atom. The van der Waals surface area contributed by atoms with Crippen LogP contribution in [0.4, 0.5) is 0 Å². The second-order valence-corrected chi connectivity index (χ2v) is 4.94. The van der Waals surface area contributed by atoms with E-state index in [4.69, 9.17) is 10.5 Å². The van der Waals surface area contributed by atoms with Gasteiger partial charge in [0.15, 0.2) is 24.7 Å². The topological polar surface area (TPSA) is 73.3 Å². The molecule has 0 fully saturated rings. The predicted molar refractivity (Wildman–Crippen MR) is 81.9 cm³/mol. The molecule has 1 aromatic heterocycles. The smallest absolute Gasteiger partial charge is 0.254 e. The molecule has 22 heavy (non-hydrogen) atoms. The van der Waals surface area contributed by atoms with E-state index in [1.807, 2.05) is 23.8 Å². The zero-order valence-electron chi connectivity index (χ0n) is 12.7. The number of ketones is 1. The number of benzene rings is 1. The highest BCUT2D eigenvalue weighted by Crippen LogP contribution is 2.20. The maximum absolute atomic E-state index is 11.6. The number of nitrogens with two attached hydrogens (primary N) is 1. The highest BCUT2D eigenvalue weighted by atomic mass is 16.5. The van der Waals surface area contributed by atoms with Crippen molar-refractivity contribution in [3.05, 3.63) is 59.4 Å². The average Bonchev–Trinajstić information content (AvgIpc) is 2.49. The molecule has 2 aromatic rings. The Hall–Kier alpha value is -2.69. The van der Waals surface area contributed by atoms with Gasteiger partial charge in [0.2, 0.25) is 0 Å². The Morgan fingerprint density at radius 3 is 2.64 bits per heavy atom. The first-order valence-electron chi connectivity index (χ1n) is 7.07. The number of nitrogens with zero attached hydrogens (tertiary/aromatic N) is 1. The first-order valence-corrected chi connectivity index (χ1v) is 7.07. The minimum absolute atomic E-state index is 0.000171. The molecule has 1 heterocycles. The Morgan fingerprint density at radius 1 is 1.23 bits per heavy atom. The van der Waals surface area contributed by atoms with Gasteiger partial charge in [0, 0.05) is 11.6 Å². The SMILES string of the molecule is CCOc1ccc(C(C)=O)cc1C[n+]1cccc(C(N)=O)c1. The van der Waals surface area contributed by atoms with Gasteiger partial charge in [-0.3, -0.25) is 9.59 Å². The fraction of sp³-hybridized carbons (Fsp3) is 0.235. The van der Waals surface area contributed by atoms with Crippen molar-refractivity contribution in [2.45, 2.75) is 20.4 Å². The average molecular weight is 299 g/mol. The van der Waals surface area contributed by atoms with Crippen LogP contribution in [0.5, 0.6) is 5.75 Å². The monoisotopic (exact) mass is 299 g/mol. The minimum atomic E-state index is -0.475. The number of hydrogen-bond acceptors (Lipinski definition) is 3. The number of carbonyl (C=O) groups is 2. The van der Waals surface area contributed by atoms with Gasteiger partial charge in [-0.05, 0) is 38.1 Å². The Bertz CT molecular complexity index is 711. The molecule has 0 saturated carbocycles. The molecule has 0 saturated heterocycles. The summed E-state index contributed by atoms with van der Waals surface area (Å²) >= 11 is 0. The number of carbonyl (C=O) groups excluding carboxylic acids is 2. The molecule has 0 aliphatic heterocycles. The van der Waals surface area contributed by atoms with Gasteiger partial charge < -0.3 is 10.5 Å². The van der Waals surface area contributed by atoms with Gasteiger partial charge in [-0.2, -0.15) is 4.57 Å². The number of rotatable bonds is 6. The maximum atomic E-state index is 11.6. The molecule has 114 valence electrons. The number of ether oxygens (including phenoxy) is 1. The van der Waals surface area contributed by atoms with Crippen LogP contribution in [0, 0.1) is 0 Å². The minimum Gasteiger partial charge on any atom is -0.493 e. The zero-order valence-corrected chi connectivity index (χ0v) is 12.7. The molecular formula is C17H19N2O3+. The van der Waals surface area contributed by atoms with Crippen LogP contribution in [0.25, 0.3) is 0 Å². The molecule has 0 atom stereocenters. The summed E-state index contributed by atoms with van der Waals surface area (Å²) in [7, 11) is 0. The summed E-state index contributed by atoms with van der Waals surface area (Å²) in [6.07, 6.45) is 3.51. The van der Waals surface area contributed by atoms with Crippen LogP contribution in [-0.2, 0) is 6.54 Å². The normalized spacial score (nSPS) is 10.3. The van der Waals surface area contributed by atoms with Crippen molar-refractivity contribution in [2.24, 2.45) is 5.73 Å². The summed E-state index contributed by atoms with van der Waals surface area (Å²) in [5.41, 5.74) is 7.24. The van der Waals surface area contributed by atoms with Crippen molar-refractivity contribution in [1.29, 1.82) is 0 Å². The number of pyridine rings is 1. The third kappa shape index (κ3) is 3.69. The van der Waals surface area contributed by atoms with Gasteiger partial charge in [0.05, 0.1) is 12.2 Å². The third-order valence-corrected chi connectivity index (χ3v) is 3.26. The maximum Gasteiger partial charge on any atom is 0.254 e. The van der Waals surface area contributed by atoms with Crippen LogP contribution < -0.4 is 15.0 Å². The number of amides is 1. The summed E-state index contributed by atoms with van der Waals surface area (Å²) in [6.45, 7) is 4.46. The lowest BCUT2D eigenvalue weighted by atomic mass is 10.1. The summed E-state index contributed by atoms with van der Waals surface area (Å²) in [6, 6.07) is 8.79. The predicted octanol–water partition coefficient (Wildman–Crippen LogP) is 1.72. The lowest BCUT2D eigenvalue weighted by Crippen LogP contribution is -2.35. The molecule has 0 radical (unpaired) electrons. The molecule has 5 heteroatoms. The van der Waals surface area contributed by atoms with E-state index in [0.717, 1.165) is 11.3 Å². The van der Waals surface area contributed by atoms with Gasteiger partial charge >= 0.3 is 0 Å². The number of aromatic nitrogens is 1. The van der Waals surface area contributed by atoms with Crippen LogP contribution in [0.15, 0.2) is 42.7 Å². The summed E-state index contributed by atoms with van der Waals surface area (Å²) < 4.78 is 7.44. The number of Topliss-reactive ketones (excluding diaryl/α,β-unsaturated/α-hetero) is 1. The van der Waals surface area contributed by atoms with Crippen molar-refractivity contribution >= 4 is 11.7 Å². The van der Waals surface area contributed by atoms with Crippen LogP contribution in [0.1, 0.15) is 40.1 Å². The Labute approximate surface area is 129 Å². The van der Waals surface area contributed by atoms with Gasteiger partial charge in [-0.1, -0.05) is 0 Å². The highest BCUT2D eigenvalue weighted by Gasteiger charge is 2.13. The molecular weight excluding hydrogens is 280 g/mol. The van der Waals surface area contributed by atoms with E-state index in [1.54, 1.807) is 30.5 Å². The van der Waals surface area contributed by atoms with E-state index in [2.05, 4.69) is 0 Å². The zero-order chi connectivity index (χ0) is 16.1. The first kappa shape index (κ1) is 15.7. The molecule has 1 aromatic carbocycles. The van der Waals surface area contributed by atoms with Gasteiger partial charge in [0.1, 0.15) is 11.3 Å².